The van der Waals surface area contributed by atoms with Crippen LogP contribution in [0.2, 0.25) is 0 Å². The number of furan rings is 1. The highest BCUT2D eigenvalue weighted by molar-refractivity contribution is 5.97. The van der Waals surface area contributed by atoms with Gasteiger partial charge in [-0.3, -0.25) is 4.79 Å². The smallest absolute Gasteiger partial charge is 0.290 e. The molecule has 3 heterocycles. The van der Waals surface area contributed by atoms with Crippen LogP contribution >= 0.6 is 0 Å². The highest BCUT2D eigenvalue weighted by Crippen LogP contribution is 2.35. The molecule has 1 N–H and O–H groups in total. The molecule has 6 heteroatoms. The largest absolute Gasteiger partial charge is 0.449 e. The summed E-state index contributed by atoms with van der Waals surface area (Å²) in [6.07, 6.45) is 0. The number of rotatable bonds is 2. The predicted molar refractivity (Wildman–Crippen MR) is 121 cm³/mol. The zero-order valence-corrected chi connectivity index (χ0v) is 19.1. The summed E-state index contributed by atoms with van der Waals surface area (Å²) < 4.78 is 19.9. The first-order valence-electron chi connectivity index (χ1n) is 10.7. The van der Waals surface area contributed by atoms with Crippen LogP contribution in [0.3, 0.4) is 0 Å². The molecule has 31 heavy (non-hydrogen) atoms. The SMILES string of the molecule is Cc1cc(-c2cc(C(C)(C)C)c3oc(C(=O)N4CCNCC4(C)C)cc3n2)ccc1F. The fraction of sp³-hybridized carbons (Fsp3) is 0.440. The third kappa shape index (κ3) is 3.97. The highest BCUT2D eigenvalue weighted by atomic mass is 19.1. The summed E-state index contributed by atoms with van der Waals surface area (Å²) >= 11 is 0. The van der Waals surface area contributed by atoms with E-state index in [9.17, 15) is 9.18 Å². The van der Waals surface area contributed by atoms with Gasteiger partial charge in [-0.05, 0) is 56.0 Å². The second-order valence-electron chi connectivity index (χ2n) is 10.0. The van der Waals surface area contributed by atoms with Gasteiger partial charge in [-0.15, -0.1) is 0 Å². The van der Waals surface area contributed by atoms with E-state index in [1.807, 2.05) is 24.8 Å². The van der Waals surface area contributed by atoms with Gasteiger partial charge in [0.2, 0.25) is 0 Å². The van der Waals surface area contributed by atoms with E-state index in [0.29, 0.717) is 29.0 Å². The minimum atomic E-state index is -0.300. The number of benzene rings is 1. The van der Waals surface area contributed by atoms with Gasteiger partial charge in [0.05, 0.1) is 11.2 Å². The zero-order chi connectivity index (χ0) is 22.6. The van der Waals surface area contributed by atoms with Gasteiger partial charge in [-0.1, -0.05) is 20.8 Å². The Kier molecular flexibility index (Phi) is 5.16. The van der Waals surface area contributed by atoms with E-state index in [2.05, 4.69) is 26.1 Å². The van der Waals surface area contributed by atoms with Gasteiger partial charge >= 0.3 is 0 Å². The average Bonchev–Trinajstić information content (AvgIpc) is 3.12. The molecule has 1 amide bonds. The maximum Gasteiger partial charge on any atom is 0.290 e. The topological polar surface area (TPSA) is 58.4 Å². The minimum Gasteiger partial charge on any atom is -0.449 e. The number of pyridine rings is 1. The number of halogens is 1. The van der Waals surface area contributed by atoms with Gasteiger partial charge < -0.3 is 14.6 Å². The van der Waals surface area contributed by atoms with Gasteiger partial charge in [0.25, 0.3) is 5.91 Å². The number of nitrogens with zero attached hydrogens (tertiary/aromatic N) is 2. The highest BCUT2D eigenvalue weighted by Gasteiger charge is 2.35. The Bertz CT molecular complexity index is 1160. The van der Waals surface area contributed by atoms with Crippen LogP contribution in [-0.4, -0.2) is 41.0 Å². The molecule has 3 aromatic rings. The molecule has 2 aromatic heterocycles. The first-order valence-corrected chi connectivity index (χ1v) is 10.7. The first-order chi connectivity index (χ1) is 14.5. The van der Waals surface area contributed by atoms with Crippen LogP contribution in [0.4, 0.5) is 4.39 Å². The number of aryl methyl sites for hydroxylation is 1. The Balaban J connectivity index is 1.84. The molecule has 0 unspecified atom stereocenters. The van der Waals surface area contributed by atoms with Crippen molar-refractivity contribution in [2.24, 2.45) is 0 Å². The molecule has 1 aromatic carbocycles. The molecule has 1 saturated heterocycles. The van der Waals surface area contributed by atoms with Crippen LogP contribution in [0.15, 0.2) is 34.7 Å². The lowest BCUT2D eigenvalue weighted by atomic mass is 9.86. The Morgan fingerprint density at radius 1 is 1.23 bits per heavy atom. The predicted octanol–water partition coefficient (Wildman–Crippen LogP) is 5.06. The van der Waals surface area contributed by atoms with Crippen LogP contribution in [0, 0.1) is 12.7 Å². The summed E-state index contributed by atoms with van der Waals surface area (Å²) in [5.74, 6) is -0.0605. The number of piperazine rings is 1. The normalized spacial score (nSPS) is 16.7. The molecular formula is C25H30FN3O2. The minimum absolute atomic E-state index is 0.122. The molecule has 5 nitrogen and oxygen atoms in total. The third-order valence-corrected chi connectivity index (χ3v) is 6.00. The number of fused-ring (bicyclic) bond motifs is 1. The lowest BCUT2D eigenvalue weighted by molar-refractivity contribution is 0.0448. The lowest BCUT2D eigenvalue weighted by Gasteiger charge is -2.42. The quantitative estimate of drug-likeness (QED) is 0.626. The second kappa shape index (κ2) is 7.45. The molecule has 1 fully saturated rings. The standard InChI is InChI=1S/C25H30FN3O2/c1-15-11-16(7-8-18(15)26)19-12-17(24(2,3)4)22-20(28-19)13-21(31-22)23(30)29-10-9-27-14-25(29,5)6/h7-8,11-13,27H,9-10,14H2,1-6H3. The van der Waals surface area contributed by atoms with Gasteiger partial charge in [-0.25, -0.2) is 9.37 Å². The molecule has 164 valence electrons. The number of hydrogen-bond donors (Lipinski definition) is 1. The van der Waals surface area contributed by atoms with Gasteiger partial charge in [0, 0.05) is 36.8 Å². The van der Waals surface area contributed by atoms with Gasteiger partial charge in [-0.2, -0.15) is 0 Å². The van der Waals surface area contributed by atoms with E-state index in [0.717, 1.165) is 29.9 Å². The Morgan fingerprint density at radius 2 is 1.97 bits per heavy atom. The van der Waals surface area contributed by atoms with Crippen LogP contribution in [-0.2, 0) is 5.41 Å². The number of carbonyl (C=O) groups is 1. The number of carbonyl (C=O) groups excluding carboxylic acids is 1. The van der Waals surface area contributed by atoms with E-state index in [-0.39, 0.29) is 22.7 Å². The van der Waals surface area contributed by atoms with E-state index in [4.69, 9.17) is 9.40 Å². The maximum absolute atomic E-state index is 13.8. The van der Waals surface area contributed by atoms with E-state index < -0.39 is 0 Å². The summed E-state index contributed by atoms with van der Waals surface area (Å²) in [5, 5.41) is 3.34. The average molecular weight is 424 g/mol. The molecule has 1 aliphatic heterocycles. The number of nitrogens with one attached hydrogen (secondary N) is 1. The van der Waals surface area contributed by atoms with E-state index in [1.54, 1.807) is 25.1 Å². The van der Waals surface area contributed by atoms with E-state index >= 15 is 0 Å². The molecule has 0 bridgehead atoms. The van der Waals surface area contributed by atoms with Crippen molar-refractivity contribution in [2.45, 2.75) is 52.5 Å². The molecule has 0 aliphatic carbocycles. The van der Waals surface area contributed by atoms with Crippen LogP contribution in [0.25, 0.3) is 22.4 Å². The summed E-state index contributed by atoms with van der Waals surface area (Å²) in [6, 6.07) is 8.72. The van der Waals surface area contributed by atoms with Crippen molar-refractivity contribution < 1.29 is 13.6 Å². The summed E-state index contributed by atoms with van der Waals surface area (Å²) in [4.78, 5) is 20.0. The fourth-order valence-electron chi connectivity index (χ4n) is 4.13. The Labute approximate surface area is 182 Å². The van der Waals surface area contributed by atoms with Gasteiger partial charge in [0.1, 0.15) is 11.3 Å². The van der Waals surface area contributed by atoms with Crippen LogP contribution in [0.5, 0.6) is 0 Å². The lowest BCUT2D eigenvalue weighted by Crippen LogP contribution is -2.59. The van der Waals surface area contributed by atoms with Gasteiger partial charge in [0.15, 0.2) is 11.3 Å². The zero-order valence-electron chi connectivity index (χ0n) is 19.1. The van der Waals surface area contributed by atoms with Crippen molar-refractivity contribution in [3.63, 3.8) is 0 Å². The van der Waals surface area contributed by atoms with E-state index in [1.165, 1.54) is 6.07 Å². The van der Waals surface area contributed by atoms with Crippen LogP contribution in [0.1, 0.15) is 56.3 Å². The first kappa shape index (κ1) is 21.5. The number of aromatic nitrogens is 1. The van der Waals surface area contributed by atoms with Crippen molar-refractivity contribution in [3.05, 3.63) is 53.0 Å². The third-order valence-electron chi connectivity index (χ3n) is 6.00. The van der Waals surface area contributed by atoms with Crippen LogP contribution < -0.4 is 5.32 Å². The maximum atomic E-state index is 13.8. The fourth-order valence-corrected chi connectivity index (χ4v) is 4.13. The molecule has 0 atom stereocenters. The number of amides is 1. The molecule has 0 radical (unpaired) electrons. The van der Waals surface area contributed by atoms with Crippen molar-refractivity contribution >= 4 is 17.0 Å². The molecule has 0 saturated carbocycles. The summed E-state index contributed by atoms with van der Waals surface area (Å²) in [7, 11) is 0. The molecule has 1 aliphatic rings. The Hall–Kier alpha value is -2.73. The number of hydrogen-bond acceptors (Lipinski definition) is 4. The summed E-state index contributed by atoms with van der Waals surface area (Å²) in [6.45, 7) is 14.3. The van der Waals surface area contributed by atoms with Crippen molar-refractivity contribution in [2.75, 3.05) is 19.6 Å². The molecule has 0 spiro atoms. The second-order valence-corrected chi connectivity index (χ2v) is 10.0. The monoisotopic (exact) mass is 423 g/mol. The molecule has 4 rings (SSSR count). The Morgan fingerprint density at radius 3 is 2.61 bits per heavy atom. The van der Waals surface area contributed by atoms with Crippen molar-refractivity contribution in [3.8, 4) is 11.3 Å². The van der Waals surface area contributed by atoms with Crippen molar-refractivity contribution in [1.82, 2.24) is 15.2 Å². The van der Waals surface area contributed by atoms with Crippen molar-refractivity contribution in [1.29, 1.82) is 0 Å². The summed E-state index contributed by atoms with van der Waals surface area (Å²) in [5.41, 5.74) is 3.86. The molecular weight excluding hydrogens is 393 g/mol.